The lowest BCUT2D eigenvalue weighted by molar-refractivity contribution is 0.792. The van der Waals surface area contributed by atoms with E-state index in [1.54, 1.807) is 0 Å². The van der Waals surface area contributed by atoms with Crippen LogP contribution in [-0.2, 0) is 5.41 Å². The van der Waals surface area contributed by atoms with Crippen LogP contribution in [0, 0.1) is 0 Å². The second-order valence-electron chi connectivity index (χ2n) is 20.7. The number of rotatable bonds is 7. The van der Waals surface area contributed by atoms with Crippen LogP contribution in [0.3, 0.4) is 0 Å². The fourth-order valence-electron chi connectivity index (χ4n) is 13.6. The molecular formula is C75H48N2. The minimum absolute atomic E-state index is 0.409. The molecule has 2 aliphatic carbocycles. The molecule has 1 aromatic heterocycles. The second-order valence-corrected chi connectivity index (χ2v) is 20.7. The summed E-state index contributed by atoms with van der Waals surface area (Å²) in [5, 5.41) is 7.49. The Labute approximate surface area is 447 Å². The van der Waals surface area contributed by atoms with E-state index in [1.807, 2.05) is 0 Å². The molecule has 2 nitrogen and oxygen atoms in total. The minimum atomic E-state index is -0.409. The van der Waals surface area contributed by atoms with Crippen molar-refractivity contribution in [3.63, 3.8) is 0 Å². The van der Waals surface area contributed by atoms with Gasteiger partial charge in [0.25, 0.3) is 0 Å². The molecule has 0 amide bonds. The van der Waals surface area contributed by atoms with Gasteiger partial charge in [-0.05, 0) is 166 Å². The van der Waals surface area contributed by atoms with Crippen LogP contribution < -0.4 is 4.90 Å². The van der Waals surface area contributed by atoms with Crippen molar-refractivity contribution in [2.75, 3.05) is 4.90 Å². The number of anilines is 3. The first-order valence-electron chi connectivity index (χ1n) is 26.7. The number of benzene rings is 13. The van der Waals surface area contributed by atoms with Crippen molar-refractivity contribution in [2.45, 2.75) is 5.41 Å². The Morgan fingerprint density at radius 1 is 0.247 bits per heavy atom. The zero-order valence-electron chi connectivity index (χ0n) is 42.1. The molecule has 0 aliphatic heterocycles. The largest absolute Gasteiger partial charge is 0.311 e. The van der Waals surface area contributed by atoms with Crippen molar-refractivity contribution in [3.8, 4) is 61.3 Å². The lowest BCUT2D eigenvalue weighted by atomic mass is 9.70. The van der Waals surface area contributed by atoms with Gasteiger partial charge in [-0.25, -0.2) is 0 Å². The average Bonchev–Trinajstić information content (AvgIpc) is 4.25. The van der Waals surface area contributed by atoms with Gasteiger partial charge in [0.2, 0.25) is 0 Å². The van der Waals surface area contributed by atoms with Crippen LogP contribution in [0.5, 0.6) is 0 Å². The number of aromatic nitrogens is 1. The molecule has 77 heavy (non-hydrogen) atoms. The van der Waals surface area contributed by atoms with Gasteiger partial charge >= 0.3 is 0 Å². The molecule has 14 aromatic rings. The van der Waals surface area contributed by atoms with Gasteiger partial charge in [-0.3, -0.25) is 0 Å². The molecular weight excluding hydrogens is 929 g/mol. The molecule has 2 heteroatoms. The van der Waals surface area contributed by atoms with E-state index in [-0.39, 0.29) is 0 Å². The Morgan fingerprint density at radius 3 is 1.21 bits per heavy atom. The van der Waals surface area contributed by atoms with Gasteiger partial charge < -0.3 is 9.47 Å². The van der Waals surface area contributed by atoms with E-state index < -0.39 is 5.41 Å². The summed E-state index contributed by atoms with van der Waals surface area (Å²) in [6.45, 7) is 0. The van der Waals surface area contributed by atoms with Gasteiger partial charge in [-0.1, -0.05) is 224 Å². The number of fused-ring (bicyclic) bond motifs is 15. The molecule has 0 N–H and O–H groups in total. The normalized spacial score (nSPS) is 12.8. The zero-order valence-corrected chi connectivity index (χ0v) is 42.1. The van der Waals surface area contributed by atoms with Gasteiger partial charge in [0.05, 0.1) is 16.4 Å². The van der Waals surface area contributed by atoms with E-state index in [0.29, 0.717) is 0 Å². The van der Waals surface area contributed by atoms with E-state index >= 15 is 0 Å². The Balaban J connectivity index is 0.779. The van der Waals surface area contributed by atoms with Crippen molar-refractivity contribution < 1.29 is 0 Å². The van der Waals surface area contributed by atoms with Crippen molar-refractivity contribution in [1.82, 2.24) is 4.57 Å². The van der Waals surface area contributed by atoms with Gasteiger partial charge in [-0.15, -0.1) is 0 Å². The Morgan fingerprint density at radius 2 is 0.649 bits per heavy atom. The van der Waals surface area contributed by atoms with E-state index in [9.17, 15) is 0 Å². The van der Waals surface area contributed by atoms with Crippen molar-refractivity contribution >= 4 is 60.4 Å². The summed E-state index contributed by atoms with van der Waals surface area (Å²) in [4.78, 5) is 2.36. The summed E-state index contributed by atoms with van der Waals surface area (Å²) >= 11 is 0. The maximum Gasteiger partial charge on any atom is 0.0726 e. The molecule has 0 unspecified atom stereocenters. The van der Waals surface area contributed by atoms with Gasteiger partial charge in [0.15, 0.2) is 0 Å². The first-order chi connectivity index (χ1) is 38.2. The monoisotopic (exact) mass is 976 g/mol. The van der Waals surface area contributed by atoms with Gasteiger partial charge in [0, 0.05) is 33.5 Å². The molecule has 358 valence electrons. The third-order valence-corrected chi connectivity index (χ3v) is 16.8. The highest BCUT2D eigenvalue weighted by Crippen LogP contribution is 2.63. The smallest absolute Gasteiger partial charge is 0.0726 e. The lowest BCUT2D eigenvalue weighted by Gasteiger charge is -2.30. The fraction of sp³-hybridized carbons (Fsp3) is 0.0133. The molecule has 0 saturated heterocycles. The number of para-hydroxylation sites is 2. The Kier molecular flexibility index (Phi) is 9.58. The standard InChI is InChI=1S/C75H48N2/c1-3-19-50(20-4-1)73-62-27-7-9-29-64(62)74(65-30-10-8-28-63(65)73)51-37-42-55(43-38-51)76(53-21-5-2-6-22-53)54-40-35-49(36-41-54)52-39-46-72-66(47-52)61-26-14-18-34-71(61)77(72)56-44-45-60-59-25-13-17-33-69(59)75(70(60)48-56)67-31-15-11-23-57(67)58-24-12-16-32-68(58)75/h1-48H. The first kappa shape index (κ1) is 43.4. The molecule has 0 saturated carbocycles. The van der Waals surface area contributed by atoms with Crippen LogP contribution in [0.4, 0.5) is 17.1 Å². The van der Waals surface area contributed by atoms with Gasteiger partial charge in [-0.2, -0.15) is 0 Å². The summed E-state index contributed by atoms with van der Waals surface area (Å²) in [6.07, 6.45) is 0. The predicted octanol–water partition coefficient (Wildman–Crippen LogP) is 19.9. The highest BCUT2D eigenvalue weighted by molar-refractivity contribution is 6.21. The molecule has 0 bridgehead atoms. The third-order valence-electron chi connectivity index (χ3n) is 16.8. The molecule has 2 aliphatic rings. The quantitative estimate of drug-likeness (QED) is 0.145. The first-order valence-corrected chi connectivity index (χ1v) is 26.7. The van der Waals surface area contributed by atoms with Crippen LogP contribution in [0.15, 0.2) is 291 Å². The van der Waals surface area contributed by atoms with Crippen LogP contribution in [0.25, 0.3) is 105 Å². The zero-order chi connectivity index (χ0) is 50.6. The fourth-order valence-corrected chi connectivity index (χ4v) is 13.6. The maximum absolute atomic E-state index is 2.49. The number of nitrogens with zero attached hydrogens (tertiary/aromatic N) is 2. The molecule has 0 fully saturated rings. The van der Waals surface area contributed by atoms with Gasteiger partial charge in [0.1, 0.15) is 0 Å². The summed E-state index contributed by atoms with van der Waals surface area (Å²) < 4.78 is 2.48. The molecule has 1 heterocycles. The van der Waals surface area contributed by atoms with Crippen molar-refractivity contribution in [3.05, 3.63) is 313 Å². The Hall–Kier alpha value is -10.0. The molecule has 13 aromatic carbocycles. The third kappa shape index (κ3) is 6.37. The highest BCUT2D eigenvalue weighted by Gasteiger charge is 2.51. The van der Waals surface area contributed by atoms with E-state index in [0.717, 1.165) is 22.7 Å². The second kappa shape index (κ2) is 17.0. The Bertz CT molecular complexity index is 4540. The van der Waals surface area contributed by atoms with E-state index in [2.05, 4.69) is 301 Å². The topological polar surface area (TPSA) is 8.17 Å². The predicted molar refractivity (Wildman–Crippen MR) is 323 cm³/mol. The summed E-state index contributed by atoms with van der Waals surface area (Å²) in [5.74, 6) is 0. The van der Waals surface area contributed by atoms with Crippen molar-refractivity contribution in [1.29, 1.82) is 0 Å². The molecule has 16 rings (SSSR count). The summed E-state index contributed by atoms with van der Waals surface area (Å²) in [6, 6.07) is 108. The lowest BCUT2D eigenvalue weighted by Crippen LogP contribution is -2.26. The van der Waals surface area contributed by atoms with Crippen LogP contribution in [0.1, 0.15) is 22.3 Å². The van der Waals surface area contributed by atoms with E-state index in [4.69, 9.17) is 0 Å². The van der Waals surface area contributed by atoms with Crippen LogP contribution in [0.2, 0.25) is 0 Å². The maximum atomic E-state index is 2.49. The minimum Gasteiger partial charge on any atom is -0.311 e. The van der Waals surface area contributed by atoms with Crippen LogP contribution in [-0.4, -0.2) is 4.57 Å². The molecule has 0 radical (unpaired) electrons. The van der Waals surface area contributed by atoms with Crippen molar-refractivity contribution in [2.24, 2.45) is 0 Å². The molecule has 0 atom stereocenters. The highest BCUT2D eigenvalue weighted by atomic mass is 15.1. The average molecular weight is 977 g/mol. The number of hydrogen-bond donors (Lipinski definition) is 0. The van der Waals surface area contributed by atoms with E-state index in [1.165, 1.54) is 121 Å². The SMILES string of the molecule is c1ccc(-c2c3ccccc3c(-c3ccc(N(c4ccccc4)c4ccc(-c5ccc6c(c5)c5ccccc5n6-c5ccc6c(c5)C5(c7ccccc7-c7ccccc75)c5ccccc5-6)cc4)cc3)c3ccccc23)cc1. The summed E-state index contributed by atoms with van der Waals surface area (Å²) in [5.41, 5.74) is 24.4. The molecule has 1 spiro atoms. The number of hydrogen-bond acceptors (Lipinski definition) is 1. The summed E-state index contributed by atoms with van der Waals surface area (Å²) in [7, 11) is 0. The van der Waals surface area contributed by atoms with Crippen LogP contribution >= 0.6 is 0 Å².